The Bertz CT molecular complexity index is 754. The number of nitrogens with zero attached hydrogens (tertiary/aromatic N) is 2. The topological polar surface area (TPSA) is 73.2 Å². The highest BCUT2D eigenvalue weighted by molar-refractivity contribution is 6.30. The summed E-state index contributed by atoms with van der Waals surface area (Å²) in [5, 5.41) is 7.59. The van der Waals surface area contributed by atoms with Crippen LogP contribution in [0.3, 0.4) is 0 Å². The molecule has 0 aliphatic carbocycles. The van der Waals surface area contributed by atoms with Crippen LogP contribution in [0.2, 0.25) is 5.02 Å². The SMILES string of the molecule is COc1cc(=O)n(CC(=O)NC(C)C)nc1-c1ccc(Cl)cc1. The third-order valence-corrected chi connectivity index (χ3v) is 3.30. The first-order valence-corrected chi connectivity index (χ1v) is 7.50. The molecule has 7 heteroatoms. The van der Waals surface area contributed by atoms with Crippen LogP contribution in [0, 0.1) is 0 Å². The standard InChI is InChI=1S/C16H18ClN3O3/c1-10(2)18-14(21)9-20-15(22)8-13(23-3)16(19-20)11-4-6-12(17)7-5-11/h4-8,10H,9H2,1-3H3,(H,18,21). The fourth-order valence-electron chi connectivity index (χ4n) is 2.05. The Morgan fingerprint density at radius 1 is 1.35 bits per heavy atom. The van der Waals surface area contributed by atoms with Gasteiger partial charge in [-0.1, -0.05) is 23.7 Å². The molecule has 0 aliphatic heterocycles. The molecule has 0 atom stereocenters. The summed E-state index contributed by atoms with van der Waals surface area (Å²) in [6.45, 7) is 3.55. The van der Waals surface area contributed by atoms with E-state index in [1.54, 1.807) is 24.3 Å². The van der Waals surface area contributed by atoms with Crippen molar-refractivity contribution in [3.8, 4) is 17.0 Å². The molecule has 0 saturated carbocycles. The fourth-order valence-corrected chi connectivity index (χ4v) is 2.18. The Morgan fingerprint density at radius 3 is 2.57 bits per heavy atom. The number of methoxy groups -OCH3 is 1. The van der Waals surface area contributed by atoms with Gasteiger partial charge in [-0.2, -0.15) is 5.10 Å². The van der Waals surface area contributed by atoms with Gasteiger partial charge >= 0.3 is 0 Å². The lowest BCUT2D eigenvalue weighted by Crippen LogP contribution is -2.37. The Hall–Kier alpha value is -2.34. The Balaban J connectivity index is 2.42. The zero-order valence-corrected chi connectivity index (χ0v) is 13.9. The van der Waals surface area contributed by atoms with Crippen LogP contribution in [-0.4, -0.2) is 28.8 Å². The minimum atomic E-state index is -0.404. The van der Waals surface area contributed by atoms with E-state index in [-0.39, 0.29) is 18.5 Å². The Labute approximate surface area is 139 Å². The van der Waals surface area contributed by atoms with Gasteiger partial charge in [-0.3, -0.25) is 9.59 Å². The maximum Gasteiger partial charge on any atom is 0.270 e. The molecule has 0 saturated heterocycles. The third kappa shape index (κ3) is 4.32. The van der Waals surface area contributed by atoms with Crippen molar-refractivity contribution in [2.24, 2.45) is 0 Å². The number of halogens is 1. The van der Waals surface area contributed by atoms with Crippen LogP contribution in [0.15, 0.2) is 35.1 Å². The first kappa shape index (κ1) is 17.0. The van der Waals surface area contributed by atoms with Crippen molar-refractivity contribution in [2.75, 3.05) is 7.11 Å². The van der Waals surface area contributed by atoms with E-state index in [0.717, 1.165) is 10.2 Å². The molecule has 0 unspecified atom stereocenters. The molecule has 2 aromatic rings. The molecule has 6 nitrogen and oxygen atoms in total. The van der Waals surface area contributed by atoms with Crippen molar-refractivity contribution in [3.63, 3.8) is 0 Å². The number of hydrogen-bond acceptors (Lipinski definition) is 4. The largest absolute Gasteiger partial charge is 0.494 e. The molecular formula is C16H18ClN3O3. The smallest absolute Gasteiger partial charge is 0.270 e. The number of nitrogens with one attached hydrogen (secondary N) is 1. The van der Waals surface area contributed by atoms with Gasteiger partial charge in [0.25, 0.3) is 5.56 Å². The summed E-state index contributed by atoms with van der Waals surface area (Å²) in [7, 11) is 1.46. The van der Waals surface area contributed by atoms with E-state index < -0.39 is 5.56 Å². The number of carbonyl (C=O) groups is 1. The highest BCUT2D eigenvalue weighted by Crippen LogP contribution is 2.26. The Morgan fingerprint density at radius 2 is 2.00 bits per heavy atom. The molecule has 2 rings (SSSR count). The molecule has 1 aromatic heterocycles. The fraction of sp³-hybridized carbons (Fsp3) is 0.312. The average molecular weight is 336 g/mol. The van der Waals surface area contributed by atoms with Crippen molar-refractivity contribution in [1.82, 2.24) is 15.1 Å². The van der Waals surface area contributed by atoms with Gasteiger partial charge in [-0.15, -0.1) is 0 Å². The molecule has 0 spiro atoms. The van der Waals surface area contributed by atoms with Crippen LogP contribution in [0.1, 0.15) is 13.8 Å². The number of aromatic nitrogens is 2. The average Bonchev–Trinajstić information content (AvgIpc) is 2.49. The monoisotopic (exact) mass is 335 g/mol. The first-order chi connectivity index (χ1) is 10.9. The minimum absolute atomic E-state index is 0.00724. The van der Waals surface area contributed by atoms with E-state index in [0.29, 0.717) is 16.5 Å². The summed E-state index contributed by atoms with van der Waals surface area (Å²) in [5.74, 6) is 0.0691. The van der Waals surface area contributed by atoms with Crippen LogP contribution < -0.4 is 15.6 Å². The highest BCUT2D eigenvalue weighted by Gasteiger charge is 2.14. The molecule has 1 aromatic carbocycles. The maximum absolute atomic E-state index is 12.1. The van der Waals surface area contributed by atoms with Crippen molar-refractivity contribution in [3.05, 3.63) is 45.7 Å². The molecular weight excluding hydrogens is 318 g/mol. The van der Waals surface area contributed by atoms with Gasteiger partial charge in [0, 0.05) is 22.7 Å². The second-order valence-electron chi connectivity index (χ2n) is 5.29. The molecule has 0 bridgehead atoms. The maximum atomic E-state index is 12.1. The van der Waals surface area contributed by atoms with Gasteiger partial charge < -0.3 is 10.1 Å². The zero-order chi connectivity index (χ0) is 17.0. The molecule has 1 heterocycles. The minimum Gasteiger partial charge on any atom is -0.494 e. The molecule has 1 amide bonds. The number of benzene rings is 1. The first-order valence-electron chi connectivity index (χ1n) is 7.12. The summed E-state index contributed by atoms with van der Waals surface area (Å²) >= 11 is 5.89. The molecule has 0 fully saturated rings. The van der Waals surface area contributed by atoms with E-state index in [4.69, 9.17) is 16.3 Å². The number of rotatable bonds is 5. The van der Waals surface area contributed by atoms with Gasteiger partial charge in [0.1, 0.15) is 12.2 Å². The lowest BCUT2D eigenvalue weighted by atomic mass is 10.1. The van der Waals surface area contributed by atoms with Gasteiger partial charge in [0.2, 0.25) is 5.91 Å². The van der Waals surface area contributed by atoms with Gasteiger partial charge in [0.15, 0.2) is 5.75 Å². The van der Waals surface area contributed by atoms with E-state index in [2.05, 4.69) is 10.4 Å². The summed E-state index contributed by atoms with van der Waals surface area (Å²) in [6.07, 6.45) is 0. The molecule has 0 radical (unpaired) electrons. The molecule has 1 N–H and O–H groups in total. The van der Waals surface area contributed by atoms with Crippen molar-refractivity contribution >= 4 is 17.5 Å². The number of carbonyl (C=O) groups excluding carboxylic acids is 1. The molecule has 0 aliphatic rings. The van der Waals surface area contributed by atoms with Crippen molar-refractivity contribution < 1.29 is 9.53 Å². The van der Waals surface area contributed by atoms with Crippen molar-refractivity contribution in [1.29, 1.82) is 0 Å². The third-order valence-electron chi connectivity index (χ3n) is 3.04. The Kier molecular flexibility index (Phi) is 5.39. The number of amides is 1. The van der Waals surface area contributed by atoms with E-state index >= 15 is 0 Å². The predicted molar refractivity (Wildman–Crippen MR) is 88.8 cm³/mol. The summed E-state index contributed by atoms with van der Waals surface area (Å²) in [6, 6.07) is 8.30. The van der Waals surface area contributed by atoms with Crippen LogP contribution in [0.5, 0.6) is 5.75 Å². The normalized spacial score (nSPS) is 10.7. The summed E-state index contributed by atoms with van der Waals surface area (Å²) in [4.78, 5) is 23.9. The lowest BCUT2D eigenvalue weighted by Gasteiger charge is -2.12. The van der Waals surface area contributed by atoms with Crippen LogP contribution in [-0.2, 0) is 11.3 Å². The number of ether oxygens (including phenoxy) is 1. The lowest BCUT2D eigenvalue weighted by molar-refractivity contribution is -0.122. The van der Waals surface area contributed by atoms with Gasteiger partial charge in [0.05, 0.1) is 7.11 Å². The molecule has 23 heavy (non-hydrogen) atoms. The van der Waals surface area contributed by atoms with E-state index in [1.165, 1.54) is 13.2 Å². The number of hydrogen-bond donors (Lipinski definition) is 1. The van der Waals surface area contributed by atoms with E-state index in [9.17, 15) is 9.59 Å². The van der Waals surface area contributed by atoms with Gasteiger partial charge in [-0.25, -0.2) is 4.68 Å². The molecule has 122 valence electrons. The van der Waals surface area contributed by atoms with Crippen molar-refractivity contribution in [2.45, 2.75) is 26.4 Å². The van der Waals surface area contributed by atoms with Crippen LogP contribution in [0.4, 0.5) is 0 Å². The summed E-state index contributed by atoms with van der Waals surface area (Å²) in [5.41, 5.74) is 0.809. The van der Waals surface area contributed by atoms with E-state index in [1.807, 2.05) is 13.8 Å². The summed E-state index contributed by atoms with van der Waals surface area (Å²) < 4.78 is 6.34. The zero-order valence-electron chi connectivity index (χ0n) is 13.2. The predicted octanol–water partition coefficient (Wildman–Crippen LogP) is 2.10. The van der Waals surface area contributed by atoms with Crippen LogP contribution >= 0.6 is 11.6 Å². The van der Waals surface area contributed by atoms with Gasteiger partial charge in [-0.05, 0) is 26.0 Å². The quantitative estimate of drug-likeness (QED) is 0.908. The van der Waals surface area contributed by atoms with Crippen LogP contribution in [0.25, 0.3) is 11.3 Å². The second-order valence-corrected chi connectivity index (χ2v) is 5.72. The highest BCUT2D eigenvalue weighted by atomic mass is 35.5. The second kappa shape index (κ2) is 7.28.